The smallest absolute Gasteiger partial charge is 0.330 e. The Morgan fingerprint density at radius 3 is 2.68 bits per heavy atom. The van der Waals surface area contributed by atoms with Crippen LogP contribution in [0.25, 0.3) is 11.2 Å². The first-order valence-corrected chi connectivity index (χ1v) is 10.1. The van der Waals surface area contributed by atoms with E-state index in [2.05, 4.69) is 15.0 Å². The van der Waals surface area contributed by atoms with E-state index in [4.69, 9.17) is 4.74 Å². The summed E-state index contributed by atoms with van der Waals surface area (Å²) in [5.41, 5.74) is 0.345. The predicted octanol–water partition coefficient (Wildman–Crippen LogP) is 1.76. The predicted molar refractivity (Wildman–Crippen MR) is 106 cm³/mol. The van der Waals surface area contributed by atoms with Crippen molar-refractivity contribution in [2.24, 2.45) is 0 Å². The van der Waals surface area contributed by atoms with E-state index < -0.39 is 17.2 Å². The van der Waals surface area contributed by atoms with Crippen molar-refractivity contribution >= 4 is 28.5 Å². The van der Waals surface area contributed by atoms with Crippen molar-refractivity contribution in [3.63, 3.8) is 0 Å². The van der Waals surface area contributed by atoms with Crippen molar-refractivity contribution in [3.05, 3.63) is 42.7 Å². The standard InChI is InChI=1S/C18H23N5O4S/c1-4-6-7-23-16-15(17(25)21-18(23)26)22(5-2)13(20-16)9-27-14(24)8-12-10-28-11(3)19-12/h10H,4-9H2,1-3H3,(H,21,25,26). The number of rotatable bonds is 8. The second-order valence-electron chi connectivity index (χ2n) is 6.40. The summed E-state index contributed by atoms with van der Waals surface area (Å²) in [6.07, 6.45) is 1.78. The molecule has 3 aromatic rings. The average Bonchev–Trinajstić information content (AvgIpc) is 3.23. The number of imidazole rings is 1. The highest BCUT2D eigenvalue weighted by molar-refractivity contribution is 7.09. The molecule has 0 saturated carbocycles. The van der Waals surface area contributed by atoms with Gasteiger partial charge in [0.05, 0.1) is 17.1 Å². The maximum Gasteiger partial charge on any atom is 0.330 e. The van der Waals surface area contributed by atoms with Gasteiger partial charge in [0.2, 0.25) is 0 Å². The van der Waals surface area contributed by atoms with Gasteiger partial charge in [0.25, 0.3) is 5.56 Å². The molecule has 9 nitrogen and oxygen atoms in total. The van der Waals surface area contributed by atoms with E-state index in [1.807, 2.05) is 26.2 Å². The van der Waals surface area contributed by atoms with Gasteiger partial charge >= 0.3 is 11.7 Å². The molecule has 150 valence electrons. The van der Waals surface area contributed by atoms with Crippen LogP contribution in [0.2, 0.25) is 0 Å². The fraction of sp³-hybridized carbons (Fsp3) is 0.500. The van der Waals surface area contributed by atoms with E-state index in [0.717, 1.165) is 17.8 Å². The highest BCUT2D eigenvalue weighted by Gasteiger charge is 2.19. The summed E-state index contributed by atoms with van der Waals surface area (Å²) >= 11 is 1.47. The molecule has 0 aliphatic carbocycles. The zero-order chi connectivity index (χ0) is 20.3. The van der Waals surface area contributed by atoms with Crippen LogP contribution >= 0.6 is 11.3 Å². The number of aryl methyl sites for hydroxylation is 3. The first-order chi connectivity index (χ1) is 13.4. The minimum absolute atomic E-state index is 0.0775. The quantitative estimate of drug-likeness (QED) is 0.572. The van der Waals surface area contributed by atoms with Crippen LogP contribution in [-0.4, -0.2) is 30.1 Å². The molecule has 0 fully saturated rings. The summed E-state index contributed by atoms with van der Waals surface area (Å²) < 4.78 is 8.49. The first kappa shape index (κ1) is 20.0. The second kappa shape index (κ2) is 8.51. The molecule has 0 aliphatic rings. The van der Waals surface area contributed by atoms with Crippen LogP contribution in [0.4, 0.5) is 0 Å². The van der Waals surface area contributed by atoms with Crippen molar-refractivity contribution < 1.29 is 9.53 Å². The Morgan fingerprint density at radius 1 is 1.25 bits per heavy atom. The molecule has 0 bridgehead atoms. The Morgan fingerprint density at radius 2 is 2.04 bits per heavy atom. The number of unbranched alkanes of at least 4 members (excludes halogenated alkanes) is 1. The molecule has 0 aromatic carbocycles. The van der Waals surface area contributed by atoms with Gasteiger partial charge in [-0.05, 0) is 20.3 Å². The number of nitrogens with one attached hydrogen (secondary N) is 1. The lowest BCUT2D eigenvalue weighted by atomic mass is 10.3. The molecule has 3 heterocycles. The highest BCUT2D eigenvalue weighted by Crippen LogP contribution is 2.14. The van der Waals surface area contributed by atoms with Crippen molar-refractivity contribution in [1.82, 2.24) is 24.1 Å². The monoisotopic (exact) mass is 405 g/mol. The molecule has 1 N–H and O–H groups in total. The number of esters is 1. The summed E-state index contributed by atoms with van der Waals surface area (Å²) in [6, 6.07) is 0. The summed E-state index contributed by atoms with van der Waals surface area (Å²) in [7, 11) is 0. The van der Waals surface area contributed by atoms with Gasteiger partial charge in [-0.3, -0.25) is 19.1 Å². The van der Waals surface area contributed by atoms with E-state index in [0.29, 0.717) is 35.8 Å². The molecule has 0 atom stereocenters. The zero-order valence-electron chi connectivity index (χ0n) is 16.2. The highest BCUT2D eigenvalue weighted by atomic mass is 32.1. The topological polar surface area (TPSA) is 112 Å². The zero-order valence-corrected chi connectivity index (χ0v) is 17.0. The van der Waals surface area contributed by atoms with Crippen LogP contribution in [0.5, 0.6) is 0 Å². The Hall–Kier alpha value is -2.75. The lowest BCUT2D eigenvalue weighted by Crippen LogP contribution is -2.31. The lowest BCUT2D eigenvalue weighted by Gasteiger charge is -2.07. The number of ether oxygens (including phenoxy) is 1. The molecule has 0 radical (unpaired) electrons. The Bertz CT molecular complexity index is 1110. The number of H-pyrrole nitrogens is 1. The second-order valence-corrected chi connectivity index (χ2v) is 7.47. The van der Waals surface area contributed by atoms with Gasteiger partial charge in [-0.2, -0.15) is 0 Å². The van der Waals surface area contributed by atoms with Gasteiger partial charge in [0.15, 0.2) is 11.2 Å². The molecule has 3 aromatic heterocycles. The number of fused-ring (bicyclic) bond motifs is 1. The number of hydrogen-bond acceptors (Lipinski definition) is 7. The van der Waals surface area contributed by atoms with E-state index in [1.165, 1.54) is 15.9 Å². The van der Waals surface area contributed by atoms with E-state index in [-0.39, 0.29) is 13.0 Å². The van der Waals surface area contributed by atoms with E-state index >= 15 is 0 Å². The molecule has 0 spiro atoms. The molecule has 0 unspecified atom stereocenters. The Balaban J connectivity index is 1.88. The largest absolute Gasteiger partial charge is 0.457 e. The van der Waals surface area contributed by atoms with Crippen LogP contribution in [0.3, 0.4) is 0 Å². The fourth-order valence-electron chi connectivity index (χ4n) is 3.03. The molecular weight excluding hydrogens is 382 g/mol. The summed E-state index contributed by atoms with van der Waals surface area (Å²) in [6.45, 7) is 6.61. The number of carbonyl (C=O) groups excluding carboxylic acids is 1. The number of carbonyl (C=O) groups is 1. The van der Waals surface area contributed by atoms with Gasteiger partial charge in [-0.15, -0.1) is 11.3 Å². The average molecular weight is 405 g/mol. The third-order valence-corrected chi connectivity index (χ3v) is 5.19. The first-order valence-electron chi connectivity index (χ1n) is 9.23. The third kappa shape index (κ3) is 4.06. The molecule has 0 amide bonds. The number of aromatic amines is 1. The number of nitrogens with zero attached hydrogens (tertiary/aromatic N) is 4. The molecule has 28 heavy (non-hydrogen) atoms. The van der Waals surface area contributed by atoms with Gasteiger partial charge in [-0.1, -0.05) is 13.3 Å². The maximum atomic E-state index is 12.4. The number of hydrogen-bond donors (Lipinski definition) is 1. The molecular formula is C18H23N5O4S. The van der Waals surface area contributed by atoms with Gasteiger partial charge in [-0.25, -0.2) is 14.8 Å². The van der Waals surface area contributed by atoms with E-state index in [9.17, 15) is 14.4 Å². The normalized spacial score (nSPS) is 11.2. The Kier molecular flexibility index (Phi) is 6.08. The lowest BCUT2D eigenvalue weighted by molar-refractivity contribution is -0.144. The Labute approximate surface area is 165 Å². The third-order valence-electron chi connectivity index (χ3n) is 4.37. The SMILES string of the molecule is CCCCn1c(=O)[nH]c(=O)c2c1nc(COC(=O)Cc1csc(C)n1)n2CC. The fourth-order valence-corrected chi connectivity index (χ4v) is 3.64. The van der Waals surface area contributed by atoms with Gasteiger partial charge in [0.1, 0.15) is 12.4 Å². The number of aromatic nitrogens is 5. The summed E-state index contributed by atoms with van der Waals surface area (Å²) in [4.78, 5) is 47.7. The van der Waals surface area contributed by atoms with Crippen LogP contribution < -0.4 is 11.2 Å². The summed E-state index contributed by atoms with van der Waals surface area (Å²) in [5.74, 6) is 0.0129. The van der Waals surface area contributed by atoms with Crippen LogP contribution in [-0.2, 0) is 35.6 Å². The molecule has 0 aliphatic heterocycles. The maximum absolute atomic E-state index is 12.4. The van der Waals surface area contributed by atoms with Crippen LogP contribution in [0.1, 0.15) is 43.2 Å². The summed E-state index contributed by atoms with van der Waals surface area (Å²) in [5, 5.41) is 2.71. The minimum atomic E-state index is -0.488. The van der Waals surface area contributed by atoms with E-state index in [1.54, 1.807) is 4.57 Å². The van der Waals surface area contributed by atoms with Crippen LogP contribution in [0.15, 0.2) is 15.0 Å². The molecule has 10 heteroatoms. The molecule has 0 saturated heterocycles. The van der Waals surface area contributed by atoms with Crippen molar-refractivity contribution in [2.45, 2.75) is 59.7 Å². The van der Waals surface area contributed by atoms with Crippen molar-refractivity contribution in [2.75, 3.05) is 0 Å². The van der Waals surface area contributed by atoms with Crippen LogP contribution in [0, 0.1) is 6.92 Å². The van der Waals surface area contributed by atoms with Crippen molar-refractivity contribution in [1.29, 1.82) is 0 Å². The van der Waals surface area contributed by atoms with Crippen molar-refractivity contribution in [3.8, 4) is 0 Å². The number of thiazole rings is 1. The molecule has 3 rings (SSSR count). The van der Waals surface area contributed by atoms with Gasteiger partial charge in [0, 0.05) is 18.5 Å². The van der Waals surface area contributed by atoms with Gasteiger partial charge < -0.3 is 9.30 Å². The minimum Gasteiger partial charge on any atom is -0.457 e.